The van der Waals surface area contributed by atoms with Crippen LogP contribution in [0.3, 0.4) is 0 Å². The van der Waals surface area contributed by atoms with Gasteiger partial charge in [-0.1, -0.05) is 49.7 Å². The monoisotopic (exact) mass is 478 g/mol. The second kappa shape index (κ2) is 9.72. The molecule has 0 heterocycles. The minimum Gasteiger partial charge on any atom is -0.399 e. The van der Waals surface area contributed by atoms with Crippen LogP contribution in [-0.4, -0.2) is 6.36 Å². The van der Waals surface area contributed by atoms with Crippen molar-refractivity contribution in [2.45, 2.75) is 51.3 Å². The molecule has 0 N–H and O–H groups in total. The normalized spacial score (nSPS) is 18.7. The summed E-state index contributed by atoms with van der Waals surface area (Å²) >= 11 is 0. The highest BCUT2D eigenvalue weighted by molar-refractivity contribution is 5.71. The average Bonchev–Trinajstić information content (AvgIpc) is 2.81. The molecule has 7 heteroatoms. The summed E-state index contributed by atoms with van der Waals surface area (Å²) in [4.78, 5) is 0. The van der Waals surface area contributed by atoms with Gasteiger partial charge in [-0.2, -0.15) is 0 Å². The van der Waals surface area contributed by atoms with Gasteiger partial charge in [0.25, 0.3) is 0 Å². The van der Waals surface area contributed by atoms with Crippen molar-refractivity contribution in [3.05, 3.63) is 77.6 Å². The molecule has 0 radical (unpaired) electrons. The van der Waals surface area contributed by atoms with Crippen molar-refractivity contribution in [1.29, 1.82) is 0 Å². The summed E-state index contributed by atoms with van der Waals surface area (Å²) in [7, 11) is 0. The lowest BCUT2D eigenvalue weighted by molar-refractivity contribution is -0.276. The quantitative estimate of drug-likeness (QED) is 0.333. The molecule has 0 amide bonds. The van der Waals surface area contributed by atoms with Crippen LogP contribution in [0, 0.1) is 23.4 Å². The van der Waals surface area contributed by atoms with Gasteiger partial charge in [-0.05, 0) is 78.0 Å². The predicted octanol–water partition coefficient (Wildman–Crippen LogP) is 9.02. The Kier molecular flexibility index (Phi) is 6.91. The van der Waals surface area contributed by atoms with E-state index in [0.29, 0.717) is 23.6 Å². The van der Waals surface area contributed by atoms with Crippen molar-refractivity contribution < 1.29 is 31.1 Å². The van der Waals surface area contributed by atoms with Gasteiger partial charge in [0.05, 0.1) is 0 Å². The van der Waals surface area contributed by atoms with Gasteiger partial charge in [0.15, 0.2) is 11.6 Å². The molecule has 1 fully saturated rings. The number of hydrogen-bond donors (Lipinski definition) is 0. The second-order valence-corrected chi connectivity index (χ2v) is 8.76. The summed E-state index contributed by atoms with van der Waals surface area (Å²) in [5.74, 6) is -4.12. The highest BCUT2D eigenvalue weighted by Crippen LogP contribution is 2.38. The van der Waals surface area contributed by atoms with Crippen molar-refractivity contribution in [2.75, 3.05) is 0 Å². The SMILES string of the molecule is CCC1CCC(c2ccc(-c3ccc(-c4cc(F)c(OC(F)(F)F)c(F)c4)c(F)c3)cc2)CC1. The summed E-state index contributed by atoms with van der Waals surface area (Å²) in [5, 5.41) is 0. The summed E-state index contributed by atoms with van der Waals surface area (Å²) in [6, 6.07) is 13.4. The Hall–Kier alpha value is -2.96. The van der Waals surface area contributed by atoms with Gasteiger partial charge in [0.2, 0.25) is 5.75 Å². The molecule has 0 atom stereocenters. The molecular formula is C27H24F6O. The maximum Gasteiger partial charge on any atom is 0.573 e. The van der Waals surface area contributed by atoms with Crippen LogP contribution in [0.2, 0.25) is 0 Å². The van der Waals surface area contributed by atoms with E-state index in [1.165, 1.54) is 49.8 Å². The van der Waals surface area contributed by atoms with Gasteiger partial charge < -0.3 is 4.74 Å². The van der Waals surface area contributed by atoms with Crippen LogP contribution in [0.15, 0.2) is 54.6 Å². The van der Waals surface area contributed by atoms with Crippen LogP contribution in [0.25, 0.3) is 22.3 Å². The topological polar surface area (TPSA) is 9.23 Å². The van der Waals surface area contributed by atoms with E-state index in [1.807, 2.05) is 12.1 Å². The third-order valence-corrected chi connectivity index (χ3v) is 6.64. The first-order valence-electron chi connectivity index (χ1n) is 11.3. The van der Waals surface area contributed by atoms with Crippen LogP contribution in [-0.2, 0) is 0 Å². The van der Waals surface area contributed by atoms with E-state index in [9.17, 15) is 26.3 Å². The molecule has 3 aromatic carbocycles. The number of ether oxygens (including phenoxy) is 1. The number of alkyl halides is 3. The molecular weight excluding hydrogens is 454 g/mol. The Balaban J connectivity index is 1.54. The lowest BCUT2D eigenvalue weighted by atomic mass is 9.77. The van der Waals surface area contributed by atoms with Gasteiger partial charge in [-0.3, -0.25) is 0 Å². The van der Waals surface area contributed by atoms with Crippen LogP contribution < -0.4 is 4.74 Å². The largest absolute Gasteiger partial charge is 0.573 e. The number of rotatable bonds is 5. The molecule has 1 aliphatic rings. The Morgan fingerprint density at radius 3 is 1.82 bits per heavy atom. The van der Waals surface area contributed by atoms with Crippen LogP contribution >= 0.6 is 0 Å². The summed E-state index contributed by atoms with van der Waals surface area (Å²) in [6.45, 7) is 2.23. The molecule has 0 spiro atoms. The zero-order valence-corrected chi connectivity index (χ0v) is 18.6. The molecule has 1 aliphatic carbocycles. The second-order valence-electron chi connectivity index (χ2n) is 8.76. The summed E-state index contributed by atoms with van der Waals surface area (Å²) in [6.07, 6.45) is 0.779. The molecule has 0 aromatic heterocycles. The van der Waals surface area contributed by atoms with E-state index < -0.39 is 29.6 Å². The lowest BCUT2D eigenvalue weighted by Crippen LogP contribution is -2.19. The average molecular weight is 478 g/mol. The van der Waals surface area contributed by atoms with Crippen LogP contribution in [0.1, 0.15) is 50.5 Å². The maximum atomic E-state index is 14.8. The van der Waals surface area contributed by atoms with Gasteiger partial charge in [0, 0.05) is 5.56 Å². The first kappa shape index (κ1) is 24.2. The molecule has 180 valence electrons. The van der Waals surface area contributed by atoms with E-state index in [0.717, 1.165) is 11.5 Å². The Labute approximate surface area is 194 Å². The predicted molar refractivity (Wildman–Crippen MR) is 119 cm³/mol. The first-order chi connectivity index (χ1) is 16.1. The smallest absolute Gasteiger partial charge is 0.399 e. The highest BCUT2D eigenvalue weighted by atomic mass is 19.4. The third kappa shape index (κ3) is 5.40. The minimum atomic E-state index is -5.25. The van der Waals surface area contributed by atoms with Gasteiger partial charge in [-0.15, -0.1) is 13.2 Å². The van der Waals surface area contributed by atoms with Gasteiger partial charge in [-0.25, -0.2) is 13.2 Å². The number of benzene rings is 3. The van der Waals surface area contributed by atoms with Crippen LogP contribution in [0.4, 0.5) is 26.3 Å². The van der Waals surface area contributed by atoms with Crippen molar-refractivity contribution >= 4 is 0 Å². The van der Waals surface area contributed by atoms with Gasteiger partial charge >= 0.3 is 6.36 Å². The molecule has 1 nitrogen and oxygen atoms in total. The molecule has 1 saturated carbocycles. The van der Waals surface area contributed by atoms with Crippen molar-refractivity contribution in [2.24, 2.45) is 5.92 Å². The Bertz CT molecular complexity index is 1120. The fourth-order valence-corrected chi connectivity index (χ4v) is 4.71. The van der Waals surface area contributed by atoms with E-state index in [2.05, 4.69) is 23.8 Å². The molecule has 0 bridgehead atoms. The lowest BCUT2D eigenvalue weighted by Gasteiger charge is -2.28. The van der Waals surface area contributed by atoms with Crippen LogP contribution in [0.5, 0.6) is 5.75 Å². The highest BCUT2D eigenvalue weighted by Gasteiger charge is 2.34. The first-order valence-corrected chi connectivity index (χ1v) is 11.3. The zero-order chi connectivity index (χ0) is 24.5. The molecule has 0 saturated heterocycles. The third-order valence-electron chi connectivity index (χ3n) is 6.64. The van der Waals surface area contributed by atoms with E-state index in [-0.39, 0.29) is 11.1 Å². The molecule has 3 aromatic rings. The minimum absolute atomic E-state index is 0.135. The zero-order valence-electron chi connectivity index (χ0n) is 18.6. The summed E-state index contributed by atoms with van der Waals surface area (Å²) < 4.78 is 83.3. The van der Waals surface area contributed by atoms with Crippen molar-refractivity contribution in [3.8, 4) is 28.0 Å². The Morgan fingerprint density at radius 2 is 1.29 bits per heavy atom. The van der Waals surface area contributed by atoms with E-state index >= 15 is 0 Å². The number of hydrogen-bond acceptors (Lipinski definition) is 1. The fourth-order valence-electron chi connectivity index (χ4n) is 4.71. The molecule has 4 rings (SSSR count). The standard InChI is InChI=1S/C27H24F6O/c1-2-16-3-5-17(6-4-16)18-7-9-19(10-8-18)20-11-12-22(23(28)13-20)21-14-24(29)26(25(30)15-21)34-27(31,32)33/h7-17H,2-6H2,1H3. The van der Waals surface area contributed by atoms with E-state index in [4.69, 9.17) is 0 Å². The van der Waals surface area contributed by atoms with Crippen molar-refractivity contribution in [3.63, 3.8) is 0 Å². The molecule has 34 heavy (non-hydrogen) atoms. The van der Waals surface area contributed by atoms with Gasteiger partial charge in [0.1, 0.15) is 5.82 Å². The summed E-state index contributed by atoms with van der Waals surface area (Å²) in [5.41, 5.74) is 2.28. The Morgan fingerprint density at radius 1 is 0.735 bits per heavy atom. The molecule has 0 aliphatic heterocycles. The maximum absolute atomic E-state index is 14.8. The van der Waals surface area contributed by atoms with Crippen molar-refractivity contribution in [1.82, 2.24) is 0 Å². The molecule has 0 unspecified atom stereocenters. The number of halogens is 6. The van der Waals surface area contributed by atoms with E-state index in [1.54, 1.807) is 6.07 Å². The fraction of sp³-hybridized carbons (Fsp3) is 0.333.